The molecule has 2 heterocycles. The number of guanidine groups is 1. The van der Waals surface area contributed by atoms with Gasteiger partial charge >= 0.3 is 24.2 Å². The van der Waals surface area contributed by atoms with E-state index in [-0.39, 0.29) is 76.2 Å². The second kappa shape index (κ2) is 42.4. The fraction of sp³-hybridized carbons (Fsp3) is 0.677. The molecule has 2 aliphatic rings. The number of esters is 1. The number of hydrogen-bond acceptors (Lipinski definition) is 22. The standard InChI is InChI=1S/C63H103N15O20.C2HF3O2/c1-13-33(8)41-54(89)75-42(34(9)80)53(88)68-28-40(81)73-44(47(83)49(64)84)56(91)71-39(29-79)58(93)97-48(35-18-15-14-16-19-35)45(77-52(87)38(27-31(4)5)72-59(94)63(21-24-96-25-22-63)78-61(95)98-62(10,11)12)57(92)76-43(46(82)32(6)7)55(90)70-37(26-30(2)3)51(86)69-36(50(85)74-41)20-17-23-67-60(65)66;3-2(4,5)1(6)7/h14-16,18-19,30-34,36-39,41-48,79-80,82-83H,13,17,20-29H2,1-12H3,(H2,64,84)(H,68,88)(H,69,86)(H,70,90)(H,71,91)(H,72,94)(H,73,81)(H,74,85)(H,75,89)(H,76,92)(H,77,87)(H,78,95)(H4,65,66,67);(H,6,7)/t33-,34-,36+,37-,38-,39-,41?,42?,43-,44-,45-,46+,47-,48+;/m0./s1. The van der Waals surface area contributed by atoms with Gasteiger partial charge in [-0.05, 0) is 82.6 Å². The van der Waals surface area contributed by atoms with Gasteiger partial charge in [-0.15, -0.1) is 0 Å². The van der Waals surface area contributed by atoms with E-state index >= 15 is 14.4 Å². The summed E-state index contributed by atoms with van der Waals surface area (Å²) in [5.41, 5.74) is 13.6. The molecule has 0 aromatic heterocycles. The third-order valence-electron chi connectivity index (χ3n) is 16.1. The highest BCUT2D eigenvalue weighted by Crippen LogP contribution is 2.27. The number of amides is 12. The average molecular weight is 1500 g/mol. The summed E-state index contributed by atoms with van der Waals surface area (Å²) in [7, 11) is 0. The highest BCUT2D eigenvalue weighted by molar-refractivity contribution is 6.01. The van der Waals surface area contributed by atoms with E-state index in [9.17, 15) is 81.5 Å². The molecule has 40 heteroatoms. The molecule has 2 unspecified atom stereocenters. The molecule has 14 atom stereocenters. The van der Waals surface area contributed by atoms with Crippen LogP contribution in [0.25, 0.3) is 0 Å². The molecule has 2 saturated heterocycles. The van der Waals surface area contributed by atoms with Crippen LogP contribution in [0, 0.1) is 23.7 Å². The van der Waals surface area contributed by atoms with Crippen LogP contribution in [-0.2, 0) is 76.5 Å². The lowest BCUT2D eigenvalue weighted by atomic mass is 9.88. The average Bonchev–Trinajstić information content (AvgIpc) is 0.806. The molecule has 2 aliphatic heterocycles. The molecule has 3 rings (SSSR count). The minimum absolute atomic E-state index is 0.0159. The highest BCUT2D eigenvalue weighted by atomic mass is 19.4. The van der Waals surface area contributed by atoms with Crippen molar-refractivity contribution in [2.45, 2.75) is 224 Å². The lowest BCUT2D eigenvalue weighted by Crippen LogP contribution is -2.66. The SMILES string of the molecule is CC[C@H](C)C1NC(=O)[C@@H](CCCN=C(N)N)NC(=O)[C@H](CC(C)C)NC(=O)[C@H]([C@H](O)C(C)C)NC(=O)[C@@H](NC(=O)[C@H](CC(C)C)NC(=O)C2(NC(=O)OC(C)(C)C)CCOCC2)[C@@H](c2ccccc2)OC(=O)[C@H](CO)NC(=O)[C@H]([C@H](O)C(N)=O)NC(=O)CNC(=O)C([C@H](C)O)NC1=O.O=C(O)C(F)(F)F. The van der Waals surface area contributed by atoms with Crippen molar-refractivity contribution < 1.29 is 120 Å². The number of alkyl halides is 3. The number of cyclic esters (lactones) is 1. The zero-order chi connectivity index (χ0) is 80.2. The number of carbonyl (C=O) groups is 14. The van der Waals surface area contributed by atoms with Crippen LogP contribution < -0.4 is 75.7 Å². The van der Waals surface area contributed by atoms with E-state index in [1.54, 1.807) is 62.3 Å². The lowest BCUT2D eigenvalue weighted by molar-refractivity contribution is -0.192. The second-order valence-electron chi connectivity index (χ2n) is 27.4. The summed E-state index contributed by atoms with van der Waals surface area (Å²) in [6.45, 7) is 16.3. The van der Waals surface area contributed by atoms with Crippen LogP contribution in [0.15, 0.2) is 35.3 Å². The number of aliphatic imine (C=N–C) groups is 1. The van der Waals surface area contributed by atoms with Crippen molar-refractivity contribution >= 4 is 89.0 Å². The van der Waals surface area contributed by atoms with Gasteiger partial charge in [0.05, 0.1) is 25.4 Å². The summed E-state index contributed by atoms with van der Waals surface area (Å²) in [4.78, 5) is 199. The molecular formula is C65H104F3N15O22. The number of carboxylic acid groups (broad SMARTS) is 1. The van der Waals surface area contributed by atoms with E-state index < -0.39 is 216 Å². The van der Waals surface area contributed by atoms with Gasteiger partial charge in [0.15, 0.2) is 24.2 Å². The van der Waals surface area contributed by atoms with Gasteiger partial charge in [0.1, 0.15) is 59.5 Å². The van der Waals surface area contributed by atoms with Crippen molar-refractivity contribution in [3.05, 3.63) is 35.9 Å². The number of halogens is 3. The van der Waals surface area contributed by atoms with E-state index in [4.69, 9.17) is 41.3 Å². The molecule has 105 heavy (non-hydrogen) atoms. The molecule has 12 amide bonds. The summed E-state index contributed by atoms with van der Waals surface area (Å²) >= 11 is 0. The number of ether oxygens (including phenoxy) is 3. The molecule has 0 aliphatic carbocycles. The minimum Gasteiger partial charge on any atom is -0.475 e. The fourth-order valence-electron chi connectivity index (χ4n) is 10.3. The third kappa shape index (κ3) is 30.6. The third-order valence-corrected chi connectivity index (χ3v) is 16.1. The number of hydrogen-bond donors (Lipinski definition) is 19. The molecule has 592 valence electrons. The molecule has 1 aromatic rings. The van der Waals surface area contributed by atoms with E-state index in [1.807, 2.05) is 10.6 Å². The van der Waals surface area contributed by atoms with Crippen LogP contribution in [0.5, 0.6) is 0 Å². The number of carbonyl (C=O) groups excluding carboxylic acids is 13. The summed E-state index contributed by atoms with van der Waals surface area (Å²) in [6.07, 6.45) is -14.8. The van der Waals surface area contributed by atoms with Crippen molar-refractivity contribution in [2.24, 2.45) is 45.9 Å². The minimum atomic E-state index is -5.08. The predicted octanol–water partition coefficient (Wildman–Crippen LogP) is -4.10. The Kier molecular flexibility index (Phi) is 37.0. The van der Waals surface area contributed by atoms with Gasteiger partial charge in [0, 0.05) is 32.6 Å². The summed E-state index contributed by atoms with van der Waals surface area (Å²) in [6, 6.07) is -10.2. The van der Waals surface area contributed by atoms with Crippen LogP contribution in [0.2, 0.25) is 0 Å². The van der Waals surface area contributed by atoms with Crippen molar-refractivity contribution in [3.8, 4) is 0 Å². The number of aliphatic carboxylic acids is 1. The van der Waals surface area contributed by atoms with Gasteiger partial charge < -0.3 is 115 Å². The first-order valence-electron chi connectivity index (χ1n) is 33.9. The molecule has 0 saturated carbocycles. The van der Waals surface area contributed by atoms with Crippen molar-refractivity contribution in [3.63, 3.8) is 0 Å². The van der Waals surface area contributed by atoms with Crippen molar-refractivity contribution in [1.29, 1.82) is 0 Å². The van der Waals surface area contributed by atoms with Crippen LogP contribution in [0.1, 0.15) is 140 Å². The number of aliphatic hydroxyl groups is 4. The van der Waals surface area contributed by atoms with E-state index in [0.717, 1.165) is 6.92 Å². The number of primary amides is 1. The number of carboxylic acids is 1. The van der Waals surface area contributed by atoms with Gasteiger partial charge in [-0.3, -0.25) is 57.7 Å². The molecule has 0 radical (unpaired) electrons. The topological polar surface area (TPSA) is 591 Å². The van der Waals surface area contributed by atoms with Crippen LogP contribution >= 0.6 is 0 Å². The van der Waals surface area contributed by atoms with Gasteiger partial charge in [-0.1, -0.05) is 92.1 Å². The van der Waals surface area contributed by atoms with Gasteiger partial charge in [0.25, 0.3) is 0 Å². The fourth-order valence-corrected chi connectivity index (χ4v) is 10.3. The van der Waals surface area contributed by atoms with E-state index in [1.165, 1.54) is 44.2 Å². The Morgan fingerprint density at radius 1 is 0.705 bits per heavy atom. The number of nitrogens with one attached hydrogen (secondary N) is 11. The monoisotopic (exact) mass is 1500 g/mol. The van der Waals surface area contributed by atoms with Gasteiger partial charge in [-0.25, -0.2) is 14.4 Å². The molecule has 0 bridgehead atoms. The number of nitrogens with two attached hydrogens (primary N) is 3. The maximum absolute atomic E-state index is 15.6. The largest absolute Gasteiger partial charge is 0.490 e. The number of alkyl carbamates (subject to hydrolysis) is 1. The summed E-state index contributed by atoms with van der Waals surface area (Å²) < 4.78 is 48.7. The maximum Gasteiger partial charge on any atom is 0.490 e. The molecule has 37 nitrogen and oxygen atoms in total. The Morgan fingerprint density at radius 2 is 1.24 bits per heavy atom. The number of nitrogens with zero attached hydrogens (tertiary/aromatic N) is 1. The number of aliphatic hydroxyl groups excluding tert-OH is 4. The Labute approximate surface area is 604 Å². The first-order valence-corrected chi connectivity index (χ1v) is 33.9. The molecule has 22 N–H and O–H groups in total. The number of benzene rings is 1. The first-order chi connectivity index (χ1) is 48.7. The van der Waals surface area contributed by atoms with Crippen molar-refractivity contribution in [1.82, 2.24) is 58.5 Å². The maximum atomic E-state index is 15.6. The van der Waals surface area contributed by atoms with Gasteiger partial charge in [-0.2, -0.15) is 13.2 Å². The van der Waals surface area contributed by atoms with Crippen LogP contribution in [0.4, 0.5) is 18.0 Å². The highest BCUT2D eigenvalue weighted by Gasteiger charge is 2.47. The first kappa shape index (κ1) is 91.5. The smallest absolute Gasteiger partial charge is 0.475 e. The van der Waals surface area contributed by atoms with E-state index in [2.05, 4.69) is 52.8 Å². The summed E-state index contributed by atoms with van der Waals surface area (Å²) in [5, 5.41) is 78.2. The van der Waals surface area contributed by atoms with Crippen LogP contribution in [-0.4, -0.2) is 237 Å². The predicted molar refractivity (Wildman–Crippen MR) is 365 cm³/mol. The molecule has 1 aromatic carbocycles. The number of rotatable bonds is 22. The normalized spacial score (nSPS) is 23.9. The summed E-state index contributed by atoms with van der Waals surface area (Å²) in [5.74, 6) is -20.6. The Morgan fingerprint density at radius 3 is 1.74 bits per heavy atom. The van der Waals surface area contributed by atoms with Gasteiger partial charge in [0.2, 0.25) is 65.0 Å². The van der Waals surface area contributed by atoms with Crippen LogP contribution in [0.3, 0.4) is 0 Å². The van der Waals surface area contributed by atoms with E-state index in [0.29, 0.717) is 0 Å². The Bertz CT molecular complexity index is 3180. The molecule has 0 spiro atoms. The second-order valence-corrected chi connectivity index (χ2v) is 27.4. The molecular weight excluding hydrogens is 1400 g/mol. The quantitative estimate of drug-likeness (QED) is 0.0227. The van der Waals surface area contributed by atoms with Crippen molar-refractivity contribution in [2.75, 3.05) is 32.9 Å². The zero-order valence-corrected chi connectivity index (χ0v) is 60.7. The zero-order valence-electron chi connectivity index (χ0n) is 60.7. The Hall–Kier alpha value is -9.54. The molecule has 2 fully saturated rings. The lowest BCUT2D eigenvalue weighted by Gasteiger charge is -2.38. The Balaban J connectivity index is 0.00000507.